The van der Waals surface area contributed by atoms with E-state index in [-0.39, 0.29) is 11.5 Å². The molecular formula is C12H11B2N5O4. The van der Waals surface area contributed by atoms with Crippen molar-refractivity contribution in [2.45, 2.75) is 29.3 Å². The summed E-state index contributed by atoms with van der Waals surface area (Å²) in [7, 11) is 10.7. The summed E-state index contributed by atoms with van der Waals surface area (Å²) in [5.41, 5.74) is 4.03. The minimum atomic E-state index is -2.70. The summed E-state index contributed by atoms with van der Waals surface area (Å²) in [5, 5.41) is 40.8. The van der Waals surface area contributed by atoms with Crippen LogP contribution in [-0.2, 0) is 4.74 Å². The maximum absolute atomic E-state index is 10.3. The number of hydrogen-bond acceptors (Lipinski definition) is 8. The highest BCUT2D eigenvalue weighted by Crippen LogP contribution is 2.44. The molecule has 9 nitrogen and oxygen atoms in total. The van der Waals surface area contributed by atoms with Crippen LogP contribution in [0.1, 0.15) is 11.8 Å². The third-order valence-corrected chi connectivity index (χ3v) is 3.93. The van der Waals surface area contributed by atoms with Crippen LogP contribution in [0.2, 0.25) is 0 Å². The van der Waals surface area contributed by atoms with Crippen LogP contribution in [0.15, 0.2) is 18.5 Å². The Bertz CT molecular complexity index is 801. The number of aromatic nitrogens is 3. The lowest BCUT2D eigenvalue weighted by atomic mass is 9.54. The summed E-state index contributed by atoms with van der Waals surface area (Å²) in [5.74, 6) is 0.194. The van der Waals surface area contributed by atoms with E-state index in [1.165, 1.54) is 16.9 Å². The van der Waals surface area contributed by atoms with Crippen LogP contribution >= 0.6 is 0 Å². The second-order valence-electron chi connectivity index (χ2n) is 5.35. The summed E-state index contributed by atoms with van der Waals surface area (Å²) in [6, 6.07) is 4.66. The predicted octanol–water partition coefficient (Wildman–Crippen LogP) is -2.65. The van der Waals surface area contributed by atoms with Gasteiger partial charge in [-0.05, 0) is 12.1 Å². The molecule has 2 aromatic heterocycles. The van der Waals surface area contributed by atoms with Crippen molar-refractivity contribution in [1.82, 2.24) is 14.6 Å². The topological polar surface area (TPSA) is 150 Å². The number of fused-ring (bicyclic) bond motifs is 1. The number of nitrogens with zero attached hydrogens (tertiary/aromatic N) is 4. The van der Waals surface area contributed by atoms with Crippen LogP contribution in [-0.4, -0.2) is 68.8 Å². The first-order chi connectivity index (χ1) is 10.7. The zero-order chi connectivity index (χ0) is 17.0. The monoisotopic (exact) mass is 311 g/mol. The minimum Gasteiger partial charge on any atom is -0.405 e. The molecule has 0 aromatic carbocycles. The third kappa shape index (κ3) is 2.04. The SMILES string of the molecule is [B]C([B])(O)C1(C#N)O[C@@H](c2ccc3c(N)ncnn23)[C@H](O)[C@@H]1O. The Kier molecular flexibility index (Phi) is 3.38. The van der Waals surface area contributed by atoms with Gasteiger partial charge in [-0.2, -0.15) is 10.4 Å². The Labute approximate surface area is 133 Å². The fraction of sp³-hybridized carbons (Fsp3) is 0.417. The van der Waals surface area contributed by atoms with Gasteiger partial charge in [0.15, 0.2) is 11.4 Å². The number of nitrogens with two attached hydrogens (primary N) is 1. The molecule has 3 rings (SSSR count). The summed E-state index contributed by atoms with van der Waals surface area (Å²) < 4.78 is 6.73. The molecule has 2 aromatic rings. The van der Waals surface area contributed by atoms with Crippen molar-refractivity contribution in [2.24, 2.45) is 0 Å². The van der Waals surface area contributed by atoms with E-state index in [0.29, 0.717) is 5.52 Å². The van der Waals surface area contributed by atoms with Crippen LogP contribution in [0, 0.1) is 11.3 Å². The second kappa shape index (κ2) is 4.94. The molecule has 1 aliphatic heterocycles. The molecule has 23 heavy (non-hydrogen) atoms. The predicted molar refractivity (Wildman–Crippen MR) is 78.0 cm³/mol. The quantitative estimate of drug-likeness (QED) is 0.439. The van der Waals surface area contributed by atoms with E-state index in [1.54, 1.807) is 12.1 Å². The van der Waals surface area contributed by atoms with Crippen molar-refractivity contribution in [1.29, 1.82) is 5.26 Å². The molecule has 1 fully saturated rings. The van der Waals surface area contributed by atoms with Crippen molar-refractivity contribution >= 4 is 27.0 Å². The van der Waals surface area contributed by atoms with E-state index >= 15 is 0 Å². The molecule has 1 aliphatic rings. The molecule has 3 heterocycles. The molecule has 4 radical (unpaired) electrons. The molecule has 0 aliphatic carbocycles. The first-order valence-corrected chi connectivity index (χ1v) is 6.56. The Balaban J connectivity index is 2.11. The molecule has 0 amide bonds. The maximum atomic E-state index is 10.3. The van der Waals surface area contributed by atoms with Crippen molar-refractivity contribution in [3.05, 3.63) is 24.2 Å². The van der Waals surface area contributed by atoms with Crippen molar-refractivity contribution < 1.29 is 20.1 Å². The van der Waals surface area contributed by atoms with Crippen molar-refractivity contribution in [3.8, 4) is 6.07 Å². The van der Waals surface area contributed by atoms with E-state index in [1.807, 2.05) is 0 Å². The van der Waals surface area contributed by atoms with E-state index in [4.69, 9.17) is 26.2 Å². The fourth-order valence-electron chi connectivity index (χ4n) is 2.68. The largest absolute Gasteiger partial charge is 0.405 e. The Morgan fingerprint density at radius 2 is 2.13 bits per heavy atom. The number of ether oxygens (including phenoxy) is 1. The number of hydrogen-bond donors (Lipinski definition) is 4. The lowest BCUT2D eigenvalue weighted by molar-refractivity contribution is -0.105. The van der Waals surface area contributed by atoms with Gasteiger partial charge in [0.2, 0.25) is 0 Å². The first kappa shape index (κ1) is 15.8. The first-order valence-electron chi connectivity index (χ1n) is 6.56. The second-order valence-corrected chi connectivity index (χ2v) is 5.35. The van der Waals surface area contributed by atoms with Gasteiger partial charge in [0.1, 0.15) is 51.9 Å². The molecule has 4 atom stereocenters. The zero-order valence-corrected chi connectivity index (χ0v) is 11.7. The highest BCUT2D eigenvalue weighted by atomic mass is 16.6. The van der Waals surface area contributed by atoms with E-state index < -0.39 is 29.3 Å². The molecule has 0 bridgehead atoms. The normalized spacial score (nSPS) is 31.3. The van der Waals surface area contributed by atoms with Gasteiger partial charge in [0.25, 0.3) is 0 Å². The van der Waals surface area contributed by atoms with Gasteiger partial charge in [-0.1, -0.05) is 0 Å². The Hall–Kier alpha value is -2.12. The lowest BCUT2D eigenvalue weighted by Crippen LogP contribution is -2.61. The lowest BCUT2D eigenvalue weighted by Gasteiger charge is -2.37. The summed E-state index contributed by atoms with van der Waals surface area (Å²) in [4.78, 5) is 3.83. The summed E-state index contributed by atoms with van der Waals surface area (Å²) >= 11 is 0. The van der Waals surface area contributed by atoms with Crippen LogP contribution in [0.3, 0.4) is 0 Å². The molecule has 11 heteroatoms. The van der Waals surface area contributed by atoms with Gasteiger partial charge in [-0.25, -0.2) is 9.50 Å². The third-order valence-electron chi connectivity index (χ3n) is 3.93. The van der Waals surface area contributed by atoms with Crippen molar-refractivity contribution in [3.63, 3.8) is 0 Å². The van der Waals surface area contributed by atoms with E-state index in [2.05, 4.69) is 10.1 Å². The van der Waals surface area contributed by atoms with Crippen LogP contribution in [0.25, 0.3) is 5.52 Å². The number of nitriles is 1. The van der Waals surface area contributed by atoms with E-state index in [0.717, 1.165) is 0 Å². The number of rotatable bonds is 2. The average molecular weight is 311 g/mol. The molecule has 5 N–H and O–H groups in total. The molecule has 114 valence electrons. The molecule has 1 saturated heterocycles. The van der Waals surface area contributed by atoms with Gasteiger partial charge < -0.3 is 25.8 Å². The van der Waals surface area contributed by atoms with E-state index in [9.17, 15) is 20.6 Å². The van der Waals surface area contributed by atoms with Gasteiger partial charge in [-0.15, -0.1) is 0 Å². The Morgan fingerprint density at radius 3 is 2.70 bits per heavy atom. The van der Waals surface area contributed by atoms with Gasteiger partial charge in [0, 0.05) is 5.40 Å². The van der Waals surface area contributed by atoms with Crippen LogP contribution < -0.4 is 5.73 Å². The van der Waals surface area contributed by atoms with Gasteiger partial charge >= 0.3 is 0 Å². The maximum Gasteiger partial charge on any atom is 0.194 e. The number of aliphatic hydroxyl groups excluding tert-OH is 2. The highest BCUT2D eigenvalue weighted by molar-refractivity contribution is 6.40. The summed E-state index contributed by atoms with van der Waals surface area (Å²) in [6.07, 6.45) is -3.45. The standard InChI is InChI=1S/C12H11B2N5O4/c13-12(14,22)11(3-15)9(21)7(20)8(23-11)5-1-2-6-10(16)17-4-18-19(5)6/h1-2,4,7-9,20-22H,(H2,16,17,18)/t7-,8-,9-,11?/m0/s1. The molecular weight excluding hydrogens is 300 g/mol. The Morgan fingerprint density at radius 1 is 1.43 bits per heavy atom. The number of aliphatic hydroxyl groups is 3. The fourth-order valence-corrected chi connectivity index (χ4v) is 2.68. The minimum absolute atomic E-state index is 0.194. The van der Waals surface area contributed by atoms with Crippen molar-refractivity contribution in [2.75, 3.05) is 5.73 Å². The van der Waals surface area contributed by atoms with Crippen LogP contribution in [0.5, 0.6) is 0 Å². The molecule has 0 saturated carbocycles. The number of nitrogen functional groups attached to an aromatic ring is 1. The van der Waals surface area contributed by atoms with Gasteiger partial charge in [-0.3, -0.25) is 0 Å². The average Bonchev–Trinajstić information content (AvgIpc) is 3.01. The zero-order valence-electron chi connectivity index (χ0n) is 11.7. The van der Waals surface area contributed by atoms with Gasteiger partial charge in [0.05, 0.1) is 5.69 Å². The molecule has 0 spiro atoms. The number of anilines is 1. The van der Waals surface area contributed by atoms with Crippen LogP contribution in [0.4, 0.5) is 5.82 Å². The molecule has 1 unspecified atom stereocenters. The smallest absolute Gasteiger partial charge is 0.194 e. The highest BCUT2D eigenvalue weighted by Gasteiger charge is 2.62. The summed E-state index contributed by atoms with van der Waals surface area (Å²) in [6.45, 7) is 0.